The molecule has 2 rings (SSSR count). The first-order valence-corrected chi connectivity index (χ1v) is 9.23. The Morgan fingerprint density at radius 1 is 1.20 bits per heavy atom. The van der Waals surface area contributed by atoms with E-state index < -0.39 is 0 Å². The van der Waals surface area contributed by atoms with E-state index in [1.165, 1.54) is 10.4 Å². The maximum absolute atomic E-state index is 5.98. The summed E-state index contributed by atoms with van der Waals surface area (Å²) in [6.07, 6.45) is 0.973. The molecule has 138 valence electrons. The molecule has 0 aliphatic rings. The quantitative estimate of drug-likeness (QED) is 0.310. The number of guanidine groups is 1. The molecule has 1 aromatic heterocycles. The summed E-state index contributed by atoms with van der Waals surface area (Å²) < 4.78 is 0. The third-order valence-corrected chi connectivity index (χ3v) is 4.75. The van der Waals surface area contributed by atoms with Gasteiger partial charge in [0.25, 0.3) is 0 Å². The second-order valence-electron chi connectivity index (χ2n) is 6.62. The van der Waals surface area contributed by atoms with Crippen LogP contribution in [0.2, 0.25) is 0 Å². The molecule has 1 unspecified atom stereocenters. The van der Waals surface area contributed by atoms with E-state index in [4.69, 9.17) is 5.73 Å². The molecule has 0 bridgehead atoms. The van der Waals surface area contributed by atoms with Crippen molar-refractivity contribution in [2.24, 2.45) is 10.7 Å². The molecular formula is C19H29IN4S. The predicted molar refractivity (Wildman–Crippen MR) is 120 cm³/mol. The highest BCUT2D eigenvalue weighted by Gasteiger charge is 2.20. The Morgan fingerprint density at radius 2 is 1.92 bits per heavy atom. The lowest BCUT2D eigenvalue weighted by atomic mass is 10.0. The van der Waals surface area contributed by atoms with Gasteiger partial charge in [-0.1, -0.05) is 36.4 Å². The van der Waals surface area contributed by atoms with Crippen LogP contribution < -0.4 is 16.4 Å². The van der Waals surface area contributed by atoms with Gasteiger partial charge in [-0.25, -0.2) is 0 Å². The number of hydrogen-bond donors (Lipinski definition) is 3. The Bertz CT molecular complexity index is 626. The summed E-state index contributed by atoms with van der Waals surface area (Å²) in [5.74, 6) is 0.508. The van der Waals surface area contributed by atoms with Gasteiger partial charge in [-0.05, 0) is 44.2 Å². The summed E-state index contributed by atoms with van der Waals surface area (Å²) in [5, 5.41) is 8.89. The van der Waals surface area contributed by atoms with Crippen molar-refractivity contribution >= 4 is 41.3 Å². The lowest BCUT2D eigenvalue weighted by Gasteiger charge is -2.29. The summed E-state index contributed by atoms with van der Waals surface area (Å²) in [7, 11) is 0. The van der Waals surface area contributed by atoms with Crippen LogP contribution in [-0.4, -0.2) is 24.6 Å². The minimum Gasteiger partial charge on any atom is -0.370 e. The number of benzene rings is 1. The molecule has 0 spiro atoms. The lowest BCUT2D eigenvalue weighted by molar-refractivity contribution is 0.357. The van der Waals surface area contributed by atoms with Gasteiger partial charge in [-0.2, -0.15) is 0 Å². The van der Waals surface area contributed by atoms with E-state index >= 15 is 0 Å². The van der Waals surface area contributed by atoms with Gasteiger partial charge < -0.3 is 16.4 Å². The average Bonchev–Trinajstić information content (AvgIpc) is 3.07. The Kier molecular flexibility index (Phi) is 9.45. The molecule has 0 aliphatic heterocycles. The summed E-state index contributed by atoms with van der Waals surface area (Å²) in [4.78, 5) is 5.84. The number of aliphatic imine (C=N–C) groups is 1. The molecule has 1 aromatic carbocycles. The van der Waals surface area contributed by atoms with E-state index in [0.717, 1.165) is 13.0 Å². The first-order chi connectivity index (χ1) is 11.5. The molecule has 0 radical (unpaired) electrons. The minimum atomic E-state index is -0.130. The van der Waals surface area contributed by atoms with Gasteiger partial charge in [-0.3, -0.25) is 4.99 Å². The van der Waals surface area contributed by atoms with Crippen molar-refractivity contribution in [1.82, 2.24) is 10.6 Å². The third-order valence-electron chi connectivity index (χ3n) is 3.81. The normalized spacial score (nSPS) is 13.2. The number of nitrogens with one attached hydrogen (secondary N) is 2. The molecule has 0 aliphatic carbocycles. The number of rotatable bonds is 8. The first-order valence-electron chi connectivity index (χ1n) is 8.35. The van der Waals surface area contributed by atoms with Crippen LogP contribution in [0.15, 0.2) is 52.8 Å². The van der Waals surface area contributed by atoms with Crippen LogP contribution in [0.1, 0.15) is 37.3 Å². The van der Waals surface area contributed by atoms with Crippen LogP contribution >= 0.6 is 35.3 Å². The highest BCUT2D eigenvalue weighted by atomic mass is 127. The maximum atomic E-state index is 5.98. The smallest absolute Gasteiger partial charge is 0.188 e. The second kappa shape index (κ2) is 10.8. The van der Waals surface area contributed by atoms with Crippen molar-refractivity contribution in [3.05, 3.63) is 58.3 Å². The number of thiophene rings is 1. The summed E-state index contributed by atoms with van der Waals surface area (Å²) >= 11 is 1.77. The Labute approximate surface area is 172 Å². The zero-order chi connectivity index (χ0) is 17.4. The van der Waals surface area contributed by atoms with Crippen LogP contribution in [-0.2, 0) is 6.42 Å². The summed E-state index contributed by atoms with van der Waals surface area (Å²) in [6, 6.07) is 14.9. The molecule has 4 N–H and O–H groups in total. The highest BCUT2D eigenvalue weighted by Crippen LogP contribution is 2.16. The number of halogens is 1. The summed E-state index contributed by atoms with van der Waals surface area (Å²) in [5.41, 5.74) is 7.12. The number of nitrogens with two attached hydrogens (primary N) is 1. The average molecular weight is 472 g/mol. The Balaban J connectivity index is 0.00000312. The molecule has 25 heavy (non-hydrogen) atoms. The van der Waals surface area contributed by atoms with Crippen LogP contribution in [0.5, 0.6) is 0 Å². The minimum absolute atomic E-state index is 0. The van der Waals surface area contributed by atoms with Crippen LogP contribution in [0, 0.1) is 0 Å². The molecule has 0 fully saturated rings. The van der Waals surface area contributed by atoms with Gasteiger partial charge >= 0.3 is 0 Å². The van der Waals surface area contributed by atoms with Crippen molar-refractivity contribution in [2.45, 2.75) is 38.8 Å². The zero-order valence-corrected chi connectivity index (χ0v) is 18.3. The largest absolute Gasteiger partial charge is 0.370 e. The topological polar surface area (TPSA) is 62.4 Å². The molecule has 0 amide bonds. The van der Waals surface area contributed by atoms with E-state index in [1.54, 1.807) is 11.3 Å². The fourth-order valence-electron chi connectivity index (χ4n) is 2.56. The SMILES string of the molecule is CC(NC(C)(C)CN=C(N)NCCc1cccs1)c1ccccc1.I. The van der Waals surface area contributed by atoms with Gasteiger partial charge in [0.15, 0.2) is 5.96 Å². The van der Waals surface area contributed by atoms with Crippen LogP contribution in [0.3, 0.4) is 0 Å². The first kappa shape index (κ1) is 21.9. The van der Waals surface area contributed by atoms with E-state index in [-0.39, 0.29) is 35.6 Å². The van der Waals surface area contributed by atoms with Gasteiger partial charge in [0.2, 0.25) is 0 Å². The van der Waals surface area contributed by atoms with Gasteiger partial charge in [0.1, 0.15) is 0 Å². The molecule has 6 heteroatoms. The molecule has 1 heterocycles. The van der Waals surface area contributed by atoms with Gasteiger partial charge in [0, 0.05) is 23.0 Å². The van der Waals surface area contributed by atoms with E-state index in [0.29, 0.717) is 12.5 Å². The van der Waals surface area contributed by atoms with Gasteiger partial charge in [0.05, 0.1) is 6.54 Å². The zero-order valence-electron chi connectivity index (χ0n) is 15.2. The van der Waals surface area contributed by atoms with Crippen LogP contribution in [0.4, 0.5) is 0 Å². The second-order valence-corrected chi connectivity index (χ2v) is 7.65. The highest BCUT2D eigenvalue weighted by molar-refractivity contribution is 14.0. The molecule has 2 aromatic rings. The number of nitrogens with zero attached hydrogens (tertiary/aromatic N) is 1. The summed E-state index contributed by atoms with van der Waals surface area (Å²) in [6.45, 7) is 7.90. The fourth-order valence-corrected chi connectivity index (χ4v) is 3.27. The van der Waals surface area contributed by atoms with Crippen molar-refractivity contribution in [3.8, 4) is 0 Å². The lowest BCUT2D eigenvalue weighted by Crippen LogP contribution is -2.44. The van der Waals surface area contributed by atoms with Crippen molar-refractivity contribution in [2.75, 3.05) is 13.1 Å². The van der Waals surface area contributed by atoms with Crippen molar-refractivity contribution < 1.29 is 0 Å². The Morgan fingerprint density at radius 3 is 2.56 bits per heavy atom. The molecular weight excluding hydrogens is 443 g/mol. The Hall–Kier alpha value is -1.12. The fraction of sp³-hybridized carbons (Fsp3) is 0.421. The molecule has 0 saturated carbocycles. The predicted octanol–water partition coefficient (Wildman–Crippen LogP) is 3.94. The maximum Gasteiger partial charge on any atom is 0.188 e. The standard InChI is InChI=1S/C19H28N4S.HI/c1-15(16-8-5-4-6-9-16)23-19(2,3)14-22-18(20)21-12-11-17-10-7-13-24-17;/h4-10,13,15,23H,11-12,14H2,1-3H3,(H3,20,21,22);1H. The van der Waals surface area contributed by atoms with Crippen molar-refractivity contribution in [1.29, 1.82) is 0 Å². The number of hydrogen-bond acceptors (Lipinski definition) is 3. The van der Waals surface area contributed by atoms with Crippen molar-refractivity contribution in [3.63, 3.8) is 0 Å². The van der Waals surface area contributed by atoms with E-state index in [9.17, 15) is 0 Å². The molecule has 0 saturated heterocycles. The van der Waals surface area contributed by atoms with Crippen LogP contribution in [0.25, 0.3) is 0 Å². The monoisotopic (exact) mass is 472 g/mol. The molecule has 1 atom stereocenters. The van der Waals surface area contributed by atoms with E-state index in [2.05, 4.69) is 78.2 Å². The van der Waals surface area contributed by atoms with Gasteiger partial charge in [-0.15, -0.1) is 35.3 Å². The van der Waals surface area contributed by atoms with E-state index in [1.807, 2.05) is 6.07 Å². The third kappa shape index (κ3) is 8.20. The molecule has 4 nitrogen and oxygen atoms in total.